The predicted molar refractivity (Wildman–Crippen MR) is 83.3 cm³/mol. The molecule has 1 heterocycles. The lowest BCUT2D eigenvalue weighted by molar-refractivity contribution is 0.595. The van der Waals surface area contributed by atoms with Crippen LogP contribution in [0.15, 0.2) is 58.3 Å². The topological polar surface area (TPSA) is 46.2 Å². The van der Waals surface area contributed by atoms with Gasteiger partial charge in [-0.25, -0.2) is 8.42 Å². The molecule has 3 nitrogen and oxygen atoms in total. The first kappa shape index (κ1) is 14.6. The molecule has 0 amide bonds. The molecular formula is C16H16ClNO2S. The summed E-state index contributed by atoms with van der Waals surface area (Å²) in [5, 5.41) is 3.93. The Kier molecular flexibility index (Phi) is 4.02. The maximum absolute atomic E-state index is 12.5. The largest absolute Gasteiger partial charge is 0.310 e. The number of nitrogens with one attached hydrogen (secondary N) is 1. The maximum atomic E-state index is 12.5. The number of hydrogen-bond donors (Lipinski definition) is 1. The number of rotatable bonds is 3. The van der Waals surface area contributed by atoms with Crippen LogP contribution >= 0.6 is 11.6 Å². The van der Waals surface area contributed by atoms with Crippen molar-refractivity contribution in [1.29, 1.82) is 0 Å². The Morgan fingerprint density at radius 3 is 2.05 bits per heavy atom. The maximum Gasteiger partial charge on any atom is 0.206 e. The van der Waals surface area contributed by atoms with E-state index in [-0.39, 0.29) is 4.90 Å². The van der Waals surface area contributed by atoms with E-state index in [1.165, 1.54) is 12.1 Å². The van der Waals surface area contributed by atoms with E-state index in [1.807, 2.05) is 12.1 Å². The van der Waals surface area contributed by atoms with Crippen molar-refractivity contribution in [3.05, 3.63) is 59.1 Å². The zero-order valence-corrected chi connectivity index (χ0v) is 13.0. The summed E-state index contributed by atoms with van der Waals surface area (Å²) in [6, 6.07) is 13.7. The molecule has 2 aromatic rings. The summed E-state index contributed by atoms with van der Waals surface area (Å²) in [6.07, 6.45) is 2.26. The van der Waals surface area contributed by atoms with Crippen LogP contribution in [0.4, 0.5) is 0 Å². The van der Waals surface area contributed by atoms with Crippen LogP contribution in [0.25, 0.3) is 0 Å². The molecule has 110 valence electrons. The predicted octanol–water partition coefficient (Wildman–Crippen LogP) is 3.60. The molecule has 1 saturated heterocycles. The first-order chi connectivity index (χ1) is 10.1. The monoisotopic (exact) mass is 321 g/mol. The highest BCUT2D eigenvalue weighted by atomic mass is 35.5. The van der Waals surface area contributed by atoms with E-state index in [2.05, 4.69) is 5.32 Å². The van der Waals surface area contributed by atoms with Crippen molar-refractivity contribution in [3.63, 3.8) is 0 Å². The summed E-state index contributed by atoms with van der Waals surface area (Å²) in [5.41, 5.74) is 1.14. The average molecular weight is 322 g/mol. The van der Waals surface area contributed by atoms with E-state index in [0.717, 1.165) is 24.9 Å². The Bertz CT molecular complexity index is 718. The summed E-state index contributed by atoms with van der Waals surface area (Å²) in [7, 11) is -3.48. The van der Waals surface area contributed by atoms with Gasteiger partial charge in [0.2, 0.25) is 9.84 Å². The molecule has 1 N–H and O–H groups in total. The van der Waals surface area contributed by atoms with Gasteiger partial charge in [-0.05, 0) is 61.3 Å². The smallest absolute Gasteiger partial charge is 0.206 e. The molecule has 3 rings (SSSR count). The van der Waals surface area contributed by atoms with Crippen molar-refractivity contribution in [2.45, 2.75) is 28.7 Å². The molecule has 1 fully saturated rings. The van der Waals surface area contributed by atoms with Crippen LogP contribution in [0, 0.1) is 0 Å². The Balaban J connectivity index is 1.90. The highest BCUT2D eigenvalue weighted by molar-refractivity contribution is 7.91. The second-order valence-electron chi connectivity index (χ2n) is 5.18. The molecule has 0 saturated carbocycles. The highest BCUT2D eigenvalue weighted by Crippen LogP contribution is 2.26. The minimum absolute atomic E-state index is 0.263. The zero-order valence-electron chi connectivity index (χ0n) is 11.4. The molecule has 0 radical (unpaired) electrons. The van der Waals surface area contributed by atoms with E-state index < -0.39 is 9.84 Å². The van der Waals surface area contributed by atoms with Crippen LogP contribution in [0.5, 0.6) is 0 Å². The van der Waals surface area contributed by atoms with Crippen molar-refractivity contribution in [1.82, 2.24) is 5.32 Å². The molecule has 1 aliphatic rings. The molecule has 1 aliphatic heterocycles. The van der Waals surface area contributed by atoms with Crippen LogP contribution < -0.4 is 5.32 Å². The van der Waals surface area contributed by atoms with Crippen LogP contribution in [0.3, 0.4) is 0 Å². The van der Waals surface area contributed by atoms with Crippen molar-refractivity contribution < 1.29 is 8.42 Å². The zero-order chi connectivity index (χ0) is 14.9. The van der Waals surface area contributed by atoms with E-state index in [1.54, 1.807) is 24.3 Å². The molecule has 0 spiro atoms. The molecular weight excluding hydrogens is 306 g/mol. The normalized spacial score (nSPS) is 18.8. The van der Waals surface area contributed by atoms with Gasteiger partial charge in [0, 0.05) is 11.1 Å². The quantitative estimate of drug-likeness (QED) is 0.939. The van der Waals surface area contributed by atoms with Crippen molar-refractivity contribution in [2.24, 2.45) is 0 Å². The Morgan fingerprint density at radius 2 is 1.52 bits per heavy atom. The van der Waals surface area contributed by atoms with Crippen molar-refractivity contribution in [3.8, 4) is 0 Å². The van der Waals surface area contributed by atoms with Gasteiger partial charge in [0.05, 0.1) is 9.79 Å². The summed E-state index contributed by atoms with van der Waals surface area (Å²) in [4.78, 5) is 0.574. The van der Waals surface area contributed by atoms with Gasteiger partial charge < -0.3 is 5.32 Å². The van der Waals surface area contributed by atoms with Gasteiger partial charge in [-0.15, -0.1) is 0 Å². The van der Waals surface area contributed by atoms with Gasteiger partial charge in [-0.1, -0.05) is 23.7 Å². The average Bonchev–Trinajstić information content (AvgIpc) is 3.02. The van der Waals surface area contributed by atoms with Gasteiger partial charge in [0.25, 0.3) is 0 Å². The Hall–Kier alpha value is -1.36. The fraction of sp³-hybridized carbons (Fsp3) is 0.250. The first-order valence-corrected chi connectivity index (χ1v) is 8.77. The fourth-order valence-corrected chi connectivity index (χ4v) is 3.99. The number of hydrogen-bond acceptors (Lipinski definition) is 3. The van der Waals surface area contributed by atoms with Gasteiger partial charge >= 0.3 is 0 Å². The standard InChI is InChI=1S/C16H16ClNO2S/c17-13-5-9-15(10-6-13)21(19,20)14-7-3-12(4-8-14)16-2-1-11-18-16/h3-10,16,18H,1-2,11H2/t16-/m0/s1. The Labute approximate surface area is 129 Å². The van der Waals surface area contributed by atoms with Crippen molar-refractivity contribution in [2.75, 3.05) is 6.54 Å². The molecule has 2 aromatic carbocycles. The first-order valence-electron chi connectivity index (χ1n) is 6.91. The lowest BCUT2D eigenvalue weighted by Crippen LogP contribution is -2.12. The van der Waals surface area contributed by atoms with Crippen molar-refractivity contribution >= 4 is 21.4 Å². The van der Waals surface area contributed by atoms with Crippen LogP contribution in [0.1, 0.15) is 24.4 Å². The Morgan fingerprint density at radius 1 is 0.952 bits per heavy atom. The second kappa shape index (κ2) is 5.79. The minimum Gasteiger partial charge on any atom is -0.310 e. The highest BCUT2D eigenvalue weighted by Gasteiger charge is 2.20. The molecule has 0 unspecified atom stereocenters. The lowest BCUT2D eigenvalue weighted by Gasteiger charge is -2.11. The summed E-state index contributed by atoms with van der Waals surface area (Å²) in [6.45, 7) is 1.02. The number of halogens is 1. The molecule has 0 bridgehead atoms. The van der Waals surface area contributed by atoms with Crippen LogP contribution in [0.2, 0.25) is 5.02 Å². The lowest BCUT2D eigenvalue weighted by atomic mass is 10.1. The summed E-state index contributed by atoms with van der Waals surface area (Å²) in [5.74, 6) is 0. The summed E-state index contributed by atoms with van der Waals surface area (Å²) >= 11 is 5.80. The third-order valence-corrected chi connectivity index (χ3v) is 5.81. The van der Waals surface area contributed by atoms with E-state index in [9.17, 15) is 8.42 Å². The molecule has 0 aliphatic carbocycles. The van der Waals surface area contributed by atoms with Crippen LogP contribution in [-0.4, -0.2) is 15.0 Å². The molecule has 1 atom stereocenters. The van der Waals surface area contributed by atoms with Gasteiger partial charge in [0.1, 0.15) is 0 Å². The van der Waals surface area contributed by atoms with Crippen LogP contribution in [-0.2, 0) is 9.84 Å². The van der Waals surface area contributed by atoms with E-state index in [4.69, 9.17) is 11.6 Å². The van der Waals surface area contributed by atoms with Gasteiger partial charge in [-0.2, -0.15) is 0 Å². The fourth-order valence-electron chi connectivity index (χ4n) is 2.60. The van der Waals surface area contributed by atoms with Gasteiger partial charge in [0.15, 0.2) is 0 Å². The third-order valence-electron chi connectivity index (χ3n) is 3.78. The second-order valence-corrected chi connectivity index (χ2v) is 7.56. The SMILES string of the molecule is O=S(=O)(c1ccc(Cl)cc1)c1ccc([C@@H]2CCCN2)cc1. The molecule has 5 heteroatoms. The molecule has 21 heavy (non-hydrogen) atoms. The number of benzene rings is 2. The molecule has 0 aromatic heterocycles. The number of sulfone groups is 1. The minimum atomic E-state index is -3.48. The summed E-state index contributed by atoms with van der Waals surface area (Å²) < 4.78 is 25.0. The van der Waals surface area contributed by atoms with Gasteiger partial charge in [-0.3, -0.25) is 0 Å². The van der Waals surface area contributed by atoms with E-state index in [0.29, 0.717) is 16.0 Å². The van der Waals surface area contributed by atoms with E-state index >= 15 is 0 Å². The third kappa shape index (κ3) is 2.98.